The predicted molar refractivity (Wildman–Crippen MR) is 116 cm³/mol. The van der Waals surface area contributed by atoms with Gasteiger partial charge >= 0.3 is 0 Å². The van der Waals surface area contributed by atoms with E-state index >= 15 is 0 Å². The lowest BCUT2D eigenvalue weighted by Crippen LogP contribution is -2.41. The van der Waals surface area contributed by atoms with Crippen LogP contribution in [0.5, 0.6) is 5.75 Å². The molecule has 1 N–H and O–H groups in total. The summed E-state index contributed by atoms with van der Waals surface area (Å²) in [6.07, 6.45) is 3.73. The topological polar surface area (TPSA) is 58.6 Å². The summed E-state index contributed by atoms with van der Waals surface area (Å²) in [5, 5.41) is 2.83. The molecular weight excluding hydrogens is 376 g/mol. The molecule has 2 amide bonds. The van der Waals surface area contributed by atoms with E-state index in [0.717, 1.165) is 43.4 Å². The van der Waals surface area contributed by atoms with Gasteiger partial charge in [0.15, 0.2) is 6.61 Å². The zero-order valence-corrected chi connectivity index (χ0v) is 17.8. The van der Waals surface area contributed by atoms with Crippen molar-refractivity contribution in [1.29, 1.82) is 0 Å². The van der Waals surface area contributed by atoms with E-state index in [-0.39, 0.29) is 30.4 Å². The number of rotatable bonds is 7. The zero-order chi connectivity index (χ0) is 21.1. The molecule has 1 aliphatic heterocycles. The SMILES string of the molecule is CCCNC(=O)COc1ccc2c(c1)C(c1cccc(C)c1)N(C(=O)C1CC1)CC2. The summed E-state index contributed by atoms with van der Waals surface area (Å²) < 4.78 is 5.78. The van der Waals surface area contributed by atoms with Crippen LogP contribution in [-0.2, 0) is 16.0 Å². The highest BCUT2D eigenvalue weighted by Crippen LogP contribution is 2.41. The van der Waals surface area contributed by atoms with E-state index in [1.165, 1.54) is 11.1 Å². The normalized spacial score (nSPS) is 17.9. The van der Waals surface area contributed by atoms with Gasteiger partial charge in [-0.3, -0.25) is 9.59 Å². The van der Waals surface area contributed by atoms with Crippen LogP contribution in [0.2, 0.25) is 0 Å². The Kier molecular flexibility index (Phi) is 6.07. The third-order valence-electron chi connectivity index (χ3n) is 5.86. The molecule has 1 fully saturated rings. The van der Waals surface area contributed by atoms with Crippen LogP contribution in [0, 0.1) is 12.8 Å². The lowest BCUT2D eigenvalue weighted by molar-refractivity contribution is -0.134. The van der Waals surface area contributed by atoms with Gasteiger partial charge in [0.1, 0.15) is 5.75 Å². The van der Waals surface area contributed by atoms with Crippen molar-refractivity contribution in [2.45, 2.75) is 45.6 Å². The molecule has 1 saturated carbocycles. The largest absolute Gasteiger partial charge is 0.484 e. The summed E-state index contributed by atoms with van der Waals surface area (Å²) in [6, 6.07) is 14.3. The number of aryl methyl sites for hydroxylation is 1. The minimum Gasteiger partial charge on any atom is -0.484 e. The van der Waals surface area contributed by atoms with Crippen LogP contribution in [0.15, 0.2) is 42.5 Å². The van der Waals surface area contributed by atoms with Gasteiger partial charge in [0, 0.05) is 19.0 Å². The molecule has 5 heteroatoms. The van der Waals surface area contributed by atoms with E-state index < -0.39 is 0 Å². The summed E-state index contributed by atoms with van der Waals surface area (Å²) >= 11 is 0. The van der Waals surface area contributed by atoms with Gasteiger partial charge in [0.2, 0.25) is 5.91 Å². The Balaban J connectivity index is 1.63. The summed E-state index contributed by atoms with van der Waals surface area (Å²) in [4.78, 5) is 27.1. The molecule has 4 rings (SSSR count). The van der Waals surface area contributed by atoms with Gasteiger partial charge in [-0.25, -0.2) is 0 Å². The Morgan fingerprint density at radius 2 is 2.00 bits per heavy atom. The molecule has 0 aromatic heterocycles. The average molecular weight is 407 g/mol. The van der Waals surface area contributed by atoms with E-state index in [0.29, 0.717) is 12.3 Å². The molecule has 158 valence electrons. The fourth-order valence-electron chi connectivity index (χ4n) is 4.15. The standard InChI is InChI=1S/C25H30N2O3/c1-3-12-26-23(28)16-30-21-10-9-18-11-13-27(25(29)19-7-8-19)24(22(18)15-21)20-6-4-5-17(2)14-20/h4-6,9-10,14-15,19,24H,3,7-8,11-13,16H2,1-2H3,(H,26,28). The Bertz CT molecular complexity index is 936. The van der Waals surface area contributed by atoms with Crippen LogP contribution in [0.1, 0.15) is 54.5 Å². The number of hydrogen-bond acceptors (Lipinski definition) is 3. The highest BCUT2D eigenvalue weighted by molar-refractivity contribution is 5.82. The molecule has 1 aliphatic carbocycles. The number of nitrogens with zero attached hydrogens (tertiary/aromatic N) is 1. The van der Waals surface area contributed by atoms with E-state index in [4.69, 9.17) is 4.74 Å². The van der Waals surface area contributed by atoms with Crippen LogP contribution in [-0.4, -0.2) is 36.4 Å². The van der Waals surface area contributed by atoms with Gasteiger partial charge in [-0.2, -0.15) is 0 Å². The van der Waals surface area contributed by atoms with E-state index in [1.807, 2.05) is 24.0 Å². The molecule has 1 heterocycles. The predicted octanol–water partition coefficient (Wildman–Crippen LogP) is 3.78. The molecule has 2 aromatic rings. The molecule has 5 nitrogen and oxygen atoms in total. The molecule has 0 spiro atoms. The van der Waals surface area contributed by atoms with E-state index in [2.05, 4.69) is 42.6 Å². The van der Waals surface area contributed by atoms with Crippen LogP contribution in [0.25, 0.3) is 0 Å². The quantitative estimate of drug-likeness (QED) is 0.761. The highest BCUT2D eigenvalue weighted by atomic mass is 16.5. The number of benzene rings is 2. The number of hydrogen-bond donors (Lipinski definition) is 1. The molecule has 1 unspecified atom stereocenters. The van der Waals surface area contributed by atoms with E-state index in [1.54, 1.807) is 0 Å². The fraction of sp³-hybridized carbons (Fsp3) is 0.440. The highest BCUT2D eigenvalue weighted by Gasteiger charge is 2.39. The maximum Gasteiger partial charge on any atom is 0.257 e. The van der Waals surface area contributed by atoms with Gasteiger partial charge in [0.05, 0.1) is 6.04 Å². The maximum atomic E-state index is 13.1. The van der Waals surface area contributed by atoms with Crippen LogP contribution >= 0.6 is 0 Å². The lowest BCUT2D eigenvalue weighted by Gasteiger charge is -2.38. The number of nitrogens with one attached hydrogen (secondary N) is 1. The third-order valence-corrected chi connectivity index (χ3v) is 5.86. The molecule has 0 saturated heterocycles. The average Bonchev–Trinajstić information content (AvgIpc) is 3.60. The van der Waals surface area contributed by atoms with Gasteiger partial charge in [-0.1, -0.05) is 42.8 Å². The van der Waals surface area contributed by atoms with Crippen molar-refractivity contribution < 1.29 is 14.3 Å². The lowest BCUT2D eigenvalue weighted by atomic mass is 9.87. The monoisotopic (exact) mass is 406 g/mol. The second kappa shape index (κ2) is 8.90. The Morgan fingerprint density at radius 1 is 1.17 bits per heavy atom. The molecule has 30 heavy (non-hydrogen) atoms. The first-order valence-electron chi connectivity index (χ1n) is 11.0. The van der Waals surface area contributed by atoms with Gasteiger partial charge in [-0.15, -0.1) is 0 Å². The van der Waals surface area contributed by atoms with Crippen LogP contribution in [0.3, 0.4) is 0 Å². The third kappa shape index (κ3) is 4.50. The minimum atomic E-state index is -0.115. The second-order valence-electron chi connectivity index (χ2n) is 8.37. The molecule has 1 atom stereocenters. The van der Waals surface area contributed by atoms with Crippen molar-refractivity contribution in [2.24, 2.45) is 5.92 Å². The molecule has 0 radical (unpaired) electrons. The maximum absolute atomic E-state index is 13.1. The van der Waals surface area contributed by atoms with Crippen molar-refractivity contribution >= 4 is 11.8 Å². The molecular formula is C25H30N2O3. The molecule has 2 aliphatic rings. The van der Waals surface area contributed by atoms with Gasteiger partial charge in [-0.05, 0) is 61.4 Å². The number of carbonyl (C=O) groups is 2. The smallest absolute Gasteiger partial charge is 0.257 e. The van der Waals surface area contributed by atoms with Crippen molar-refractivity contribution in [2.75, 3.05) is 19.7 Å². The summed E-state index contributed by atoms with van der Waals surface area (Å²) in [5.41, 5.74) is 4.65. The molecule has 0 bridgehead atoms. The minimum absolute atomic E-state index is 0.00137. The first-order valence-corrected chi connectivity index (χ1v) is 11.0. The fourth-order valence-corrected chi connectivity index (χ4v) is 4.15. The number of carbonyl (C=O) groups excluding carboxylic acids is 2. The second-order valence-corrected chi connectivity index (χ2v) is 8.37. The first kappa shape index (κ1) is 20.5. The first-order chi connectivity index (χ1) is 14.6. The van der Waals surface area contributed by atoms with Crippen molar-refractivity contribution in [1.82, 2.24) is 10.2 Å². The molecule has 2 aromatic carbocycles. The Hall–Kier alpha value is -2.82. The van der Waals surface area contributed by atoms with Gasteiger partial charge < -0.3 is 15.0 Å². The van der Waals surface area contributed by atoms with Gasteiger partial charge in [0.25, 0.3) is 5.91 Å². The van der Waals surface area contributed by atoms with Crippen molar-refractivity contribution in [3.05, 3.63) is 64.7 Å². The zero-order valence-electron chi connectivity index (χ0n) is 17.8. The number of fused-ring (bicyclic) bond motifs is 1. The van der Waals surface area contributed by atoms with Crippen molar-refractivity contribution in [3.63, 3.8) is 0 Å². The Morgan fingerprint density at radius 3 is 2.73 bits per heavy atom. The van der Waals surface area contributed by atoms with Crippen LogP contribution in [0.4, 0.5) is 0 Å². The summed E-state index contributed by atoms with van der Waals surface area (Å²) in [5.74, 6) is 0.993. The van der Waals surface area contributed by atoms with Crippen molar-refractivity contribution in [3.8, 4) is 5.75 Å². The summed E-state index contributed by atoms with van der Waals surface area (Å²) in [6.45, 7) is 5.48. The van der Waals surface area contributed by atoms with E-state index in [9.17, 15) is 9.59 Å². The number of amides is 2. The Labute approximate surface area is 178 Å². The van der Waals surface area contributed by atoms with Crippen LogP contribution < -0.4 is 10.1 Å². The summed E-state index contributed by atoms with van der Waals surface area (Å²) in [7, 11) is 0. The number of ether oxygens (including phenoxy) is 1.